The average Bonchev–Trinajstić information content (AvgIpc) is 3.26. The van der Waals surface area contributed by atoms with Crippen LogP contribution in [0.3, 0.4) is 0 Å². The smallest absolute Gasteiger partial charge is 0.316 e. The quantitative estimate of drug-likeness (QED) is 0.553. The molecule has 0 aliphatic heterocycles. The lowest BCUT2D eigenvalue weighted by atomic mass is 9.90. The molecule has 0 saturated carbocycles. The van der Waals surface area contributed by atoms with Crippen LogP contribution in [-0.4, -0.2) is 21.1 Å². The molecule has 2 aromatic heterocycles. The maximum atomic E-state index is 11.2. The van der Waals surface area contributed by atoms with E-state index in [4.69, 9.17) is 15.9 Å². The Balaban J connectivity index is 0.000000187. The van der Waals surface area contributed by atoms with E-state index in [-0.39, 0.29) is 5.41 Å². The summed E-state index contributed by atoms with van der Waals surface area (Å²) >= 11 is 1.14. The Bertz CT molecular complexity index is 936. The molecule has 2 heterocycles. The van der Waals surface area contributed by atoms with Crippen LogP contribution in [0.25, 0.3) is 0 Å². The zero-order valence-electron chi connectivity index (χ0n) is 18.1. The summed E-state index contributed by atoms with van der Waals surface area (Å²) in [4.78, 5) is 21.0. The topological polar surface area (TPSA) is 127 Å². The van der Waals surface area contributed by atoms with Crippen molar-refractivity contribution in [3.63, 3.8) is 0 Å². The molecule has 2 aliphatic rings. The van der Waals surface area contributed by atoms with E-state index in [9.17, 15) is 9.90 Å². The summed E-state index contributed by atoms with van der Waals surface area (Å²) < 4.78 is 0. The van der Waals surface area contributed by atoms with Gasteiger partial charge in [0, 0.05) is 22.2 Å². The normalized spacial score (nSPS) is 16.3. The van der Waals surface area contributed by atoms with Crippen LogP contribution in [-0.2, 0) is 30.3 Å². The number of amides is 2. The SMILES string of the molecule is CC(C)(O)c1ccc(SN)cn1.CC1(C)CCc2c1nc1c(c2NC(N)=O)CCC1. The Labute approximate surface area is 182 Å². The summed E-state index contributed by atoms with van der Waals surface area (Å²) in [7, 11) is 0. The molecule has 0 radical (unpaired) electrons. The van der Waals surface area contributed by atoms with Crippen LogP contribution in [0.4, 0.5) is 10.5 Å². The van der Waals surface area contributed by atoms with Gasteiger partial charge in [-0.05, 0) is 81.2 Å². The summed E-state index contributed by atoms with van der Waals surface area (Å²) in [5.41, 5.74) is 10.9. The standard InChI is InChI=1S/C14H19N3O.C8H12N2OS/c1-14(2)7-6-9-11(17-13(15)18)8-4-3-5-10(8)16-12(9)14;1-8(2,11)7-4-3-6(12-9)5-10-7/h3-7H2,1-2H3,(H3,15,16,17,18);3-5,11H,9H2,1-2H3. The van der Waals surface area contributed by atoms with Crippen molar-refractivity contribution in [2.45, 2.75) is 75.7 Å². The van der Waals surface area contributed by atoms with E-state index in [0.717, 1.165) is 66.0 Å². The van der Waals surface area contributed by atoms with Gasteiger partial charge in [0.05, 0.1) is 17.1 Å². The first-order chi connectivity index (χ1) is 14.0. The van der Waals surface area contributed by atoms with Gasteiger partial charge < -0.3 is 16.2 Å². The summed E-state index contributed by atoms with van der Waals surface area (Å²) in [6.07, 6.45) is 6.87. The fourth-order valence-corrected chi connectivity index (χ4v) is 4.33. The van der Waals surface area contributed by atoms with Gasteiger partial charge in [0.15, 0.2) is 0 Å². The second kappa shape index (κ2) is 8.53. The molecular formula is C22H31N5O2S. The third-order valence-corrected chi connectivity index (χ3v) is 6.23. The molecule has 2 aliphatic carbocycles. The number of nitrogens with zero attached hydrogens (tertiary/aromatic N) is 2. The average molecular weight is 430 g/mol. The van der Waals surface area contributed by atoms with Crippen molar-refractivity contribution in [3.8, 4) is 0 Å². The summed E-state index contributed by atoms with van der Waals surface area (Å²) in [6.45, 7) is 7.84. The lowest BCUT2D eigenvalue weighted by Crippen LogP contribution is -2.22. The number of primary amides is 1. The highest BCUT2D eigenvalue weighted by atomic mass is 32.2. The molecule has 0 unspecified atom stereocenters. The summed E-state index contributed by atoms with van der Waals surface area (Å²) in [6, 6.07) is 3.14. The fraction of sp³-hybridized carbons (Fsp3) is 0.500. The van der Waals surface area contributed by atoms with E-state index in [1.807, 2.05) is 6.07 Å². The van der Waals surface area contributed by atoms with Crippen molar-refractivity contribution in [1.29, 1.82) is 0 Å². The Morgan fingerprint density at radius 3 is 2.53 bits per heavy atom. The minimum absolute atomic E-state index is 0.112. The molecule has 0 aromatic carbocycles. The van der Waals surface area contributed by atoms with Crippen molar-refractivity contribution < 1.29 is 9.90 Å². The zero-order valence-corrected chi connectivity index (χ0v) is 18.9. The number of rotatable bonds is 3. The molecule has 0 atom stereocenters. The van der Waals surface area contributed by atoms with E-state index >= 15 is 0 Å². The van der Waals surface area contributed by atoms with Crippen LogP contribution in [0.1, 0.15) is 68.7 Å². The number of pyridine rings is 2. The zero-order chi connectivity index (χ0) is 22.1. The van der Waals surface area contributed by atoms with Gasteiger partial charge in [0.25, 0.3) is 0 Å². The van der Waals surface area contributed by atoms with E-state index in [2.05, 4.69) is 24.1 Å². The molecule has 6 N–H and O–H groups in total. The van der Waals surface area contributed by atoms with E-state index < -0.39 is 11.6 Å². The second-order valence-corrected chi connectivity index (χ2v) is 9.73. The number of aliphatic hydroxyl groups is 1. The van der Waals surface area contributed by atoms with Crippen LogP contribution < -0.4 is 16.2 Å². The third-order valence-electron chi connectivity index (χ3n) is 5.71. The van der Waals surface area contributed by atoms with Gasteiger partial charge in [-0.15, -0.1) is 0 Å². The van der Waals surface area contributed by atoms with Crippen LogP contribution >= 0.6 is 11.9 Å². The van der Waals surface area contributed by atoms with Crippen LogP contribution in [0, 0.1) is 0 Å². The number of carbonyl (C=O) groups is 1. The van der Waals surface area contributed by atoms with Gasteiger partial charge in [-0.3, -0.25) is 15.1 Å². The number of urea groups is 1. The summed E-state index contributed by atoms with van der Waals surface area (Å²) in [5.74, 6) is 0. The molecule has 162 valence electrons. The van der Waals surface area contributed by atoms with Gasteiger partial charge in [-0.25, -0.2) is 4.79 Å². The largest absolute Gasteiger partial charge is 0.384 e. The third kappa shape index (κ3) is 4.77. The Morgan fingerprint density at radius 1 is 1.23 bits per heavy atom. The monoisotopic (exact) mass is 429 g/mol. The maximum absolute atomic E-state index is 11.2. The summed E-state index contributed by atoms with van der Waals surface area (Å²) in [5, 5.41) is 17.7. The Hall–Kier alpha value is -2.16. The molecule has 8 heteroatoms. The number of nitrogens with two attached hydrogens (primary N) is 2. The number of aryl methyl sites for hydroxylation is 1. The number of fused-ring (bicyclic) bond motifs is 2. The molecule has 2 aromatic rings. The number of hydrogen-bond donors (Lipinski definition) is 4. The highest BCUT2D eigenvalue weighted by Gasteiger charge is 2.36. The van der Waals surface area contributed by atoms with Crippen molar-refractivity contribution in [2.24, 2.45) is 10.9 Å². The van der Waals surface area contributed by atoms with Crippen molar-refractivity contribution in [2.75, 3.05) is 5.32 Å². The number of aromatic nitrogens is 2. The van der Waals surface area contributed by atoms with Gasteiger partial charge in [-0.2, -0.15) is 0 Å². The van der Waals surface area contributed by atoms with Gasteiger partial charge in [0.2, 0.25) is 0 Å². The minimum Gasteiger partial charge on any atom is -0.384 e. The van der Waals surface area contributed by atoms with Crippen molar-refractivity contribution >= 4 is 23.7 Å². The Kier molecular flexibility index (Phi) is 6.40. The molecule has 0 bridgehead atoms. The molecule has 4 rings (SSSR count). The first kappa shape index (κ1) is 22.5. The Morgan fingerprint density at radius 2 is 1.97 bits per heavy atom. The predicted octanol–water partition coefficient (Wildman–Crippen LogP) is 3.56. The van der Waals surface area contributed by atoms with Gasteiger partial charge in [0.1, 0.15) is 5.60 Å². The van der Waals surface area contributed by atoms with Crippen LogP contribution in [0.15, 0.2) is 23.2 Å². The molecule has 0 saturated heterocycles. The number of anilines is 1. The van der Waals surface area contributed by atoms with Crippen molar-refractivity contribution in [3.05, 3.63) is 46.5 Å². The molecule has 30 heavy (non-hydrogen) atoms. The molecule has 0 fully saturated rings. The maximum Gasteiger partial charge on any atom is 0.316 e. The van der Waals surface area contributed by atoms with Crippen LogP contribution in [0.5, 0.6) is 0 Å². The fourth-order valence-electron chi connectivity index (χ4n) is 4.07. The number of carbonyl (C=O) groups excluding carboxylic acids is 1. The van der Waals surface area contributed by atoms with Crippen molar-refractivity contribution in [1.82, 2.24) is 9.97 Å². The molecule has 2 amide bonds. The van der Waals surface area contributed by atoms with Gasteiger partial charge >= 0.3 is 6.03 Å². The first-order valence-electron chi connectivity index (χ1n) is 10.2. The lowest BCUT2D eigenvalue weighted by molar-refractivity contribution is 0.0737. The molecule has 7 nitrogen and oxygen atoms in total. The molecular weight excluding hydrogens is 398 g/mol. The van der Waals surface area contributed by atoms with E-state index in [0.29, 0.717) is 5.69 Å². The van der Waals surface area contributed by atoms with Gasteiger partial charge in [-0.1, -0.05) is 13.8 Å². The highest BCUT2D eigenvalue weighted by molar-refractivity contribution is 7.97. The predicted molar refractivity (Wildman–Crippen MR) is 120 cm³/mol. The number of hydrogen-bond acceptors (Lipinski definition) is 6. The minimum atomic E-state index is -0.877. The lowest BCUT2D eigenvalue weighted by Gasteiger charge is -2.20. The van der Waals surface area contributed by atoms with E-state index in [1.165, 1.54) is 11.1 Å². The second-order valence-electron chi connectivity index (χ2n) is 9.02. The van der Waals surface area contributed by atoms with E-state index in [1.54, 1.807) is 26.1 Å². The highest BCUT2D eigenvalue weighted by Crippen LogP contribution is 2.44. The molecule has 0 spiro atoms. The van der Waals surface area contributed by atoms with Crippen LogP contribution in [0.2, 0.25) is 0 Å². The number of nitrogens with one attached hydrogen (secondary N) is 1. The first-order valence-corrected chi connectivity index (χ1v) is 11.1.